The fourth-order valence-corrected chi connectivity index (χ4v) is 2.85. The van der Waals surface area contributed by atoms with Gasteiger partial charge in [-0.15, -0.1) is 0 Å². The smallest absolute Gasteiger partial charge is 0.263 e. The molecule has 0 spiro atoms. The van der Waals surface area contributed by atoms with E-state index in [1.54, 1.807) is 18.2 Å². The van der Waals surface area contributed by atoms with Crippen LogP contribution in [0.25, 0.3) is 0 Å². The van der Waals surface area contributed by atoms with Gasteiger partial charge < -0.3 is 10.1 Å². The lowest BCUT2D eigenvalue weighted by Gasteiger charge is -2.09. The predicted octanol–water partition coefficient (Wildman–Crippen LogP) is 1.52. The largest absolute Gasteiger partial charge is 0.481 e. The molecule has 0 atom stereocenters. The van der Waals surface area contributed by atoms with Gasteiger partial charge >= 0.3 is 0 Å². The maximum Gasteiger partial charge on any atom is 0.263 e. The van der Waals surface area contributed by atoms with Crippen molar-refractivity contribution in [2.45, 2.75) is 4.90 Å². The fourth-order valence-electron chi connectivity index (χ4n) is 1.85. The predicted molar refractivity (Wildman–Crippen MR) is 93.3 cm³/mol. The Kier molecular flexibility index (Phi) is 5.90. The molecule has 1 heterocycles. The van der Waals surface area contributed by atoms with Gasteiger partial charge in [0.1, 0.15) is 36.0 Å². The van der Waals surface area contributed by atoms with Gasteiger partial charge in [-0.3, -0.25) is 4.72 Å². The monoisotopic (exact) mass is 381 g/mol. The second kappa shape index (κ2) is 8.30. The average molecular weight is 381 g/mol. The van der Waals surface area contributed by atoms with E-state index in [0.717, 1.165) is 6.33 Å². The Morgan fingerprint density at radius 2 is 1.74 bits per heavy atom. The van der Waals surface area contributed by atoms with Gasteiger partial charge in [-0.1, -0.05) is 0 Å². The number of benzene rings is 1. The number of rotatable bonds is 6. The number of hydrogen-bond donors (Lipinski definition) is 2. The summed E-state index contributed by atoms with van der Waals surface area (Å²) in [5.41, 5.74) is -0.285. The van der Waals surface area contributed by atoms with Gasteiger partial charge in [0.25, 0.3) is 10.0 Å². The van der Waals surface area contributed by atoms with Crippen molar-refractivity contribution in [1.82, 2.24) is 9.97 Å². The minimum atomic E-state index is -3.92. The van der Waals surface area contributed by atoms with Crippen LogP contribution in [0.4, 0.5) is 11.5 Å². The van der Waals surface area contributed by atoms with Crippen molar-refractivity contribution < 1.29 is 13.2 Å². The van der Waals surface area contributed by atoms with Crippen LogP contribution < -0.4 is 14.8 Å². The zero-order valence-electron chi connectivity index (χ0n) is 13.8. The highest BCUT2D eigenvalue weighted by Gasteiger charge is 2.16. The molecule has 0 aliphatic heterocycles. The average Bonchev–Trinajstić information content (AvgIpc) is 2.68. The van der Waals surface area contributed by atoms with Crippen LogP contribution in [0.5, 0.6) is 5.88 Å². The van der Waals surface area contributed by atoms with Crippen molar-refractivity contribution in [3.05, 3.63) is 47.9 Å². The van der Waals surface area contributed by atoms with Crippen LogP contribution in [0, 0.1) is 34.0 Å². The van der Waals surface area contributed by atoms with Crippen LogP contribution in [-0.4, -0.2) is 25.5 Å². The molecule has 0 saturated heterocycles. The number of ether oxygens (including phenoxy) is 1. The third kappa shape index (κ3) is 4.69. The van der Waals surface area contributed by atoms with E-state index in [2.05, 4.69) is 20.0 Å². The molecule has 2 rings (SSSR count). The van der Waals surface area contributed by atoms with Crippen molar-refractivity contribution in [2.24, 2.45) is 0 Å². The molecule has 1 aromatic heterocycles. The topological polar surface area (TPSA) is 165 Å². The van der Waals surface area contributed by atoms with Crippen LogP contribution in [-0.2, 0) is 10.0 Å². The summed E-state index contributed by atoms with van der Waals surface area (Å²) in [6, 6.07) is 11.6. The third-order valence-electron chi connectivity index (χ3n) is 3.11. The van der Waals surface area contributed by atoms with E-state index in [1.165, 1.54) is 37.4 Å². The Hall–Kier alpha value is -4.14. The van der Waals surface area contributed by atoms with E-state index in [9.17, 15) is 8.42 Å². The van der Waals surface area contributed by atoms with Crippen LogP contribution >= 0.6 is 0 Å². The molecule has 2 N–H and O–H groups in total. The Morgan fingerprint density at radius 3 is 2.30 bits per heavy atom. The van der Waals surface area contributed by atoms with E-state index < -0.39 is 10.0 Å². The highest BCUT2D eigenvalue weighted by Crippen LogP contribution is 2.19. The molecule has 0 saturated carbocycles. The van der Waals surface area contributed by atoms with Gasteiger partial charge in [-0.25, -0.2) is 18.4 Å². The zero-order chi connectivity index (χ0) is 19.9. The van der Waals surface area contributed by atoms with Crippen molar-refractivity contribution in [3.8, 4) is 24.1 Å². The molecule has 1 aromatic carbocycles. The number of aromatic nitrogens is 2. The Balaban J connectivity index is 2.23. The van der Waals surface area contributed by atoms with Crippen molar-refractivity contribution in [1.29, 1.82) is 15.8 Å². The molecule has 27 heavy (non-hydrogen) atoms. The van der Waals surface area contributed by atoms with Gasteiger partial charge in [0.05, 0.1) is 12.0 Å². The van der Waals surface area contributed by atoms with Crippen LogP contribution in [0.15, 0.2) is 52.8 Å². The van der Waals surface area contributed by atoms with Gasteiger partial charge in [-0.2, -0.15) is 15.8 Å². The molecular weight excluding hydrogens is 370 g/mol. The quantitative estimate of drug-likeness (QED) is 0.705. The first-order chi connectivity index (χ1) is 12.9. The molecule has 2 aromatic rings. The summed E-state index contributed by atoms with van der Waals surface area (Å²) in [7, 11) is -2.53. The molecule has 134 valence electrons. The summed E-state index contributed by atoms with van der Waals surface area (Å²) >= 11 is 0. The first-order valence-electron chi connectivity index (χ1n) is 7.14. The Labute approximate surface area is 155 Å². The SMILES string of the molecule is COc1cc(NS(=O)(=O)c2ccc(NC(C#N)=C(C#N)C#N)cc2)ncn1. The van der Waals surface area contributed by atoms with Crippen LogP contribution in [0.1, 0.15) is 0 Å². The number of nitrogens with one attached hydrogen (secondary N) is 2. The summed E-state index contributed by atoms with van der Waals surface area (Å²) in [6.45, 7) is 0. The minimum absolute atomic E-state index is 0.0337. The highest BCUT2D eigenvalue weighted by molar-refractivity contribution is 7.92. The number of methoxy groups -OCH3 is 1. The summed E-state index contributed by atoms with van der Waals surface area (Å²) in [5, 5.41) is 29.2. The molecule has 0 aliphatic rings. The molecule has 0 aliphatic carbocycles. The van der Waals surface area contributed by atoms with Gasteiger partial charge in [-0.05, 0) is 24.3 Å². The number of hydrogen-bond acceptors (Lipinski definition) is 9. The normalized spacial score (nSPS) is 9.85. The molecule has 0 radical (unpaired) electrons. The number of allylic oxidation sites excluding steroid dienone is 2. The van der Waals surface area contributed by atoms with Gasteiger partial charge in [0.2, 0.25) is 5.88 Å². The lowest BCUT2D eigenvalue weighted by molar-refractivity contribution is 0.397. The number of nitrogens with zero attached hydrogens (tertiary/aromatic N) is 5. The summed E-state index contributed by atoms with van der Waals surface area (Å²) in [4.78, 5) is 7.53. The van der Waals surface area contributed by atoms with E-state index in [0.29, 0.717) is 5.69 Å². The minimum Gasteiger partial charge on any atom is -0.481 e. The molecule has 0 amide bonds. The number of sulfonamides is 1. The van der Waals surface area contributed by atoms with E-state index in [4.69, 9.17) is 20.5 Å². The summed E-state index contributed by atoms with van der Waals surface area (Å²) < 4.78 is 32.0. The van der Waals surface area contributed by atoms with E-state index >= 15 is 0 Å². The molecular formula is C16H11N7O3S. The Morgan fingerprint density at radius 1 is 1.07 bits per heavy atom. The molecule has 11 heteroatoms. The van der Waals surface area contributed by atoms with Crippen LogP contribution in [0.3, 0.4) is 0 Å². The molecule has 0 fully saturated rings. The maximum absolute atomic E-state index is 12.4. The second-order valence-corrected chi connectivity index (χ2v) is 6.47. The van der Waals surface area contributed by atoms with Crippen molar-refractivity contribution >= 4 is 21.5 Å². The van der Waals surface area contributed by atoms with Gasteiger partial charge in [0.15, 0.2) is 5.57 Å². The lowest BCUT2D eigenvalue weighted by atomic mass is 10.2. The summed E-state index contributed by atoms with van der Waals surface area (Å²) in [6.07, 6.45) is 1.15. The Bertz CT molecular complexity index is 1090. The van der Waals surface area contributed by atoms with Crippen molar-refractivity contribution in [3.63, 3.8) is 0 Å². The first kappa shape index (κ1) is 19.2. The number of anilines is 2. The number of nitriles is 3. The zero-order valence-corrected chi connectivity index (χ0v) is 14.6. The molecule has 0 unspecified atom stereocenters. The maximum atomic E-state index is 12.4. The third-order valence-corrected chi connectivity index (χ3v) is 4.48. The van der Waals surface area contributed by atoms with E-state index in [-0.39, 0.29) is 27.9 Å². The van der Waals surface area contributed by atoms with Gasteiger partial charge in [0, 0.05) is 11.8 Å². The molecule has 10 nitrogen and oxygen atoms in total. The fraction of sp³-hybridized carbons (Fsp3) is 0.0625. The highest BCUT2D eigenvalue weighted by atomic mass is 32.2. The second-order valence-electron chi connectivity index (χ2n) is 4.79. The standard InChI is InChI=1S/C16H11N7O3S/c1-26-16-6-15(20-10-21-16)23-27(24,25)13-4-2-12(3-5-13)22-14(9-19)11(7-17)8-18/h2-6,10,22H,1H3,(H,20,21,23). The summed E-state index contributed by atoms with van der Waals surface area (Å²) in [5.74, 6) is 0.232. The lowest BCUT2D eigenvalue weighted by Crippen LogP contribution is -2.14. The van der Waals surface area contributed by atoms with E-state index in [1.807, 2.05) is 0 Å². The first-order valence-corrected chi connectivity index (χ1v) is 8.62. The van der Waals surface area contributed by atoms with Crippen molar-refractivity contribution in [2.75, 3.05) is 17.1 Å². The van der Waals surface area contributed by atoms with Crippen LogP contribution in [0.2, 0.25) is 0 Å². The molecule has 0 bridgehead atoms.